The van der Waals surface area contributed by atoms with Crippen LogP contribution in [0, 0.1) is 27.7 Å². The van der Waals surface area contributed by atoms with Crippen LogP contribution >= 0.6 is 0 Å². The zero-order chi connectivity index (χ0) is 17.4. The number of carbonyl (C=O) groups is 1. The van der Waals surface area contributed by atoms with Crippen molar-refractivity contribution in [2.24, 2.45) is 0 Å². The summed E-state index contributed by atoms with van der Waals surface area (Å²) in [6, 6.07) is 6.76. The van der Waals surface area contributed by atoms with Crippen molar-refractivity contribution in [2.75, 3.05) is 0 Å². The lowest BCUT2D eigenvalue weighted by molar-refractivity contribution is 0.0472. The summed E-state index contributed by atoms with van der Waals surface area (Å²) in [6.07, 6.45) is 0. The molecule has 5 heteroatoms. The predicted octanol–water partition coefficient (Wildman–Crippen LogP) is 3.98. The van der Waals surface area contributed by atoms with Gasteiger partial charge in [-0.05, 0) is 57.0 Å². The highest BCUT2D eigenvalue weighted by Gasteiger charge is 2.16. The molecule has 0 N–H and O–H groups in total. The van der Waals surface area contributed by atoms with Gasteiger partial charge < -0.3 is 13.6 Å². The summed E-state index contributed by atoms with van der Waals surface area (Å²) in [4.78, 5) is 24.0. The van der Waals surface area contributed by atoms with Gasteiger partial charge in [0.05, 0.1) is 0 Å². The number of ether oxygens (including phenoxy) is 1. The summed E-state index contributed by atoms with van der Waals surface area (Å²) in [5, 5.41) is 0.769. The molecule has 0 saturated heterocycles. The molecule has 0 unspecified atom stereocenters. The third kappa shape index (κ3) is 2.97. The highest BCUT2D eigenvalue weighted by molar-refractivity contribution is 5.91. The van der Waals surface area contributed by atoms with E-state index in [2.05, 4.69) is 0 Å². The first kappa shape index (κ1) is 16.1. The number of fused-ring (bicyclic) bond motifs is 1. The van der Waals surface area contributed by atoms with Crippen molar-refractivity contribution in [1.82, 2.24) is 0 Å². The van der Waals surface area contributed by atoms with E-state index in [-0.39, 0.29) is 6.61 Å². The van der Waals surface area contributed by atoms with Crippen molar-refractivity contribution in [3.05, 3.63) is 68.5 Å². The molecule has 24 heavy (non-hydrogen) atoms. The van der Waals surface area contributed by atoms with Crippen LogP contribution in [0.2, 0.25) is 0 Å². The SMILES string of the molecule is Cc1cc(C(=O)OCc2cc(=O)oc3cc(C)c(C)cc23)c(C)o1. The number of hydrogen-bond acceptors (Lipinski definition) is 5. The predicted molar refractivity (Wildman–Crippen MR) is 89.3 cm³/mol. The third-order valence-electron chi connectivity index (χ3n) is 4.06. The van der Waals surface area contributed by atoms with Gasteiger partial charge in [0.1, 0.15) is 29.3 Å². The molecule has 2 heterocycles. The molecule has 1 aromatic carbocycles. The maximum Gasteiger partial charge on any atom is 0.342 e. The van der Waals surface area contributed by atoms with E-state index in [4.69, 9.17) is 13.6 Å². The number of hydrogen-bond donors (Lipinski definition) is 0. The standard InChI is InChI=1S/C19H18O5/c1-10-5-16-14(8-18(20)24-17(16)6-11(10)2)9-22-19(21)15-7-12(3)23-13(15)4/h5-8H,9H2,1-4H3. The molecule has 124 valence electrons. The minimum Gasteiger partial charge on any atom is -0.466 e. The highest BCUT2D eigenvalue weighted by atomic mass is 16.5. The number of aryl methyl sites for hydroxylation is 4. The van der Waals surface area contributed by atoms with Crippen molar-refractivity contribution in [1.29, 1.82) is 0 Å². The van der Waals surface area contributed by atoms with Gasteiger partial charge in [0.15, 0.2) is 0 Å². The fourth-order valence-electron chi connectivity index (χ4n) is 2.66. The average Bonchev–Trinajstić information content (AvgIpc) is 2.85. The van der Waals surface area contributed by atoms with Gasteiger partial charge in [0.25, 0.3) is 0 Å². The van der Waals surface area contributed by atoms with Crippen LogP contribution in [-0.2, 0) is 11.3 Å². The number of furan rings is 1. The molecular formula is C19H18O5. The van der Waals surface area contributed by atoms with Gasteiger partial charge in [-0.15, -0.1) is 0 Å². The van der Waals surface area contributed by atoms with Crippen molar-refractivity contribution in [3.8, 4) is 0 Å². The smallest absolute Gasteiger partial charge is 0.342 e. The molecule has 0 bridgehead atoms. The van der Waals surface area contributed by atoms with Crippen LogP contribution in [-0.4, -0.2) is 5.97 Å². The van der Waals surface area contributed by atoms with Crippen LogP contribution in [0.5, 0.6) is 0 Å². The molecule has 0 fully saturated rings. The van der Waals surface area contributed by atoms with Crippen molar-refractivity contribution >= 4 is 16.9 Å². The Bertz CT molecular complexity index is 991. The molecule has 0 spiro atoms. The Labute approximate surface area is 138 Å². The Morgan fingerprint density at radius 1 is 1.00 bits per heavy atom. The van der Waals surface area contributed by atoms with Crippen LogP contribution in [0.25, 0.3) is 11.0 Å². The summed E-state index contributed by atoms with van der Waals surface area (Å²) < 4.78 is 15.9. The Balaban J connectivity index is 1.92. The van der Waals surface area contributed by atoms with Gasteiger partial charge in [-0.2, -0.15) is 0 Å². The zero-order valence-electron chi connectivity index (χ0n) is 14.1. The normalized spacial score (nSPS) is 11.0. The van der Waals surface area contributed by atoms with Crippen molar-refractivity contribution in [3.63, 3.8) is 0 Å². The minimum atomic E-state index is -0.477. The Kier molecular flexibility index (Phi) is 4.01. The van der Waals surface area contributed by atoms with E-state index in [0.29, 0.717) is 28.2 Å². The van der Waals surface area contributed by atoms with Crippen LogP contribution in [0.15, 0.2) is 37.9 Å². The van der Waals surface area contributed by atoms with E-state index in [1.54, 1.807) is 19.9 Å². The Morgan fingerprint density at radius 3 is 2.38 bits per heavy atom. The van der Waals surface area contributed by atoms with Crippen molar-refractivity contribution in [2.45, 2.75) is 34.3 Å². The fraction of sp³-hybridized carbons (Fsp3) is 0.263. The molecule has 5 nitrogen and oxygen atoms in total. The second kappa shape index (κ2) is 6.00. The van der Waals surface area contributed by atoms with E-state index in [1.165, 1.54) is 6.07 Å². The van der Waals surface area contributed by atoms with E-state index in [9.17, 15) is 9.59 Å². The van der Waals surface area contributed by atoms with Gasteiger partial charge >= 0.3 is 11.6 Å². The lowest BCUT2D eigenvalue weighted by Gasteiger charge is -2.09. The van der Waals surface area contributed by atoms with E-state index in [1.807, 2.05) is 26.0 Å². The monoisotopic (exact) mass is 326 g/mol. The van der Waals surface area contributed by atoms with Gasteiger partial charge in [0.2, 0.25) is 0 Å². The van der Waals surface area contributed by atoms with E-state index in [0.717, 1.165) is 16.5 Å². The topological polar surface area (TPSA) is 69.7 Å². The second-order valence-corrected chi connectivity index (χ2v) is 5.93. The number of carbonyl (C=O) groups excluding carboxylic acids is 1. The van der Waals surface area contributed by atoms with Crippen LogP contribution in [0.4, 0.5) is 0 Å². The highest BCUT2D eigenvalue weighted by Crippen LogP contribution is 2.23. The summed E-state index contributed by atoms with van der Waals surface area (Å²) >= 11 is 0. The number of esters is 1. The third-order valence-corrected chi connectivity index (χ3v) is 4.06. The van der Waals surface area contributed by atoms with Gasteiger partial charge in [-0.3, -0.25) is 0 Å². The average molecular weight is 326 g/mol. The Morgan fingerprint density at radius 2 is 1.71 bits per heavy atom. The first-order chi connectivity index (χ1) is 11.3. The van der Waals surface area contributed by atoms with E-state index >= 15 is 0 Å². The second-order valence-electron chi connectivity index (χ2n) is 5.93. The van der Waals surface area contributed by atoms with Crippen LogP contribution < -0.4 is 5.63 Å². The Hall–Kier alpha value is -2.82. The van der Waals surface area contributed by atoms with E-state index < -0.39 is 11.6 Å². The molecule has 3 aromatic rings. The largest absolute Gasteiger partial charge is 0.466 e. The molecular weight excluding hydrogens is 308 g/mol. The summed E-state index contributed by atoms with van der Waals surface area (Å²) in [7, 11) is 0. The first-order valence-electron chi connectivity index (χ1n) is 7.63. The lowest BCUT2D eigenvalue weighted by Crippen LogP contribution is -2.08. The molecule has 0 saturated carbocycles. The lowest BCUT2D eigenvalue weighted by atomic mass is 10.0. The molecule has 0 aliphatic heterocycles. The minimum absolute atomic E-state index is 0.00684. The number of rotatable bonds is 3. The van der Waals surface area contributed by atoms with Crippen molar-refractivity contribution < 1.29 is 18.4 Å². The molecule has 2 aromatic heterocycles. The molecule has 0 radical (unpaired) electrons. The zero-order valence-corrected chi connectivity index (χ0v) is 14.1. The number of benzene rings is 1. The fourth-order valence-corrected chi connectivity index (χ4v) is 2.66. The summed E-state index contributed by atoms with van der Waals surface area (Å²) in [5.41, 5.74) is 3.15. The van der Waals surface area contributed by atoms with Gasteiger partial charge in [0, 0.05) is 17.0 Å². The molecule has 0 aliphatic rings. The molecule has 0 atom stereocenters. The molecule has 0 amide bonds. The van der Waals surface area contributed by atoms with Crippen LogP contribution in [0.3, 0.4) is 0 Å². The van der Waals surface area contributed by atoms with Gasteiger partial charge in [-0.25, -0.2) is 9.59 Å². The molecule has 3 rings (SSSR count). The maximum atomic E-state index is 12.2. The maximum absolute atomic E-state index is 12.2. The summed E-state index contributed by atoms with van der Waals surface area (Å²) in [6.45, 7) is 7.40. The van der Waals surface area contributed by atoms with Crippen LogP contribution in [0.1, 0.15) is 38.6 Å². The first-order valence-corrected chi connectivity index (χ1v) is 7.63. The quantitative estimate of drug-likeness (QED) is 0.538. The molecule has 0 aliphatic carbocycles. The summed E-state index contributed by atoms with van der Waals surface area (Å²) in [5.74, 6) is 0.687. The van der Waals surface area contributed by atoms with Gasteiger partial charge in [-0.1, -0.05) is 0 Å².